The number of nitrogens with zero attached hydrogens (tertiary/aromatic N) is 3. The number of hydrogen-bond acceptors (Lipinski definition) is 3. The van der Waals surface area contributed by atoms with Crippen molar-refractivity contribution in [1.82, 2.24) is 9.55 Å². The number of rotatable bonds is 3. The smallest absolute Gasteiger partial charge is 0.333 e. The van der Waals surface area contributed by atoms with E-state index in [1.807, 2.05) is 24.3 Å². The van der Waals surface area contributed by atoms with Crippen molar-refractivity contribution in [3.05, 3.63) is 66.9 Å². The van der Waals surface area contributed by atoms with Gasteiger partial charge in [-0.25, -0.2) is 14.2 Å². The number of halogens is 1. The molecular weight excluding hydrogens is 309 g/mol. The monoisotopic (exact) mass is 325 g/mol. The molecule has 0 aliphatic carbocycles. The van der Waals surface area contributed by atoms with Gasteiger partial charge >= 0.3 is 6.03 Å². The van der Waals surface area contributed by atoms with Gasteiger partial charge in [-0.1, -0.05) is 0 Å². The number of aromatic nitrogens is 2. The van der Waals surface area contributed by atoms with Crippen LogP contribution in [0.3, 0.4) is 0 Å². The topological polar surface area (TPSA) is 47.4 Å². The lowest BCUT2D eigenvalue weighted by Crippen LogP contribution is -2.30. The Morgan fingerprint density at radius 1 is 1.12 bits per heavy atom. The molecule has 0 fully saturated rings. The third-order valence-corrected chi connectivity index (χ3v) is 3.69. The first-order valence-corrected chi connectivity index (χ1v) is 7.30. The van der Waals surface area contributed by atoms with E-state index in [-0.39, 0.29) is 11.8 Å². The molecule has 0 radical (unpaired) electrons. The largest absolute Gasteiger partial charge is 0.497 e. The summed E-state index contributed by atoms with van der Waals surface area (Å²) in [6, 6.07) is 12.9. The van der Waals surface area contributed by atoms with E-state index in [0.717, 1.165) is 11.3 Å². The highest BCUT2D eigenvalue weighted by Crippen LogP contribution is 2.21. The minimum atomic E-state index is -0.343. The Balaban J connectivity index is 1.81. The van der Waals surface area contributed by atoms with Crippen LogP contribution < -0.4 is 9.64 Å². The number of methoxy groups -OCH3 is 1. The summed E-state index contributed by atoms with van der Waals surface area (Å²) < 4.78 is 19.5. The molecule has 0 aliphatic rings. The maximum atomic E-state index is 13.0. The van der Waals surface area contributed by atoms with Crippen molar-refractivity contribution in [3.8, 4) is 17.0 Å². The van der Waals surface area contributed by atoms with Crippen molar-refractivity contribution < 1.29 is 13.9 Å². The molecule has 0 saturated carbocycles. The average Bonchev–Trinajstić information content (AvgIpc) is 3.11. The lowest BCUT2D eigenvalue weighted by atomic mass is 10.2. The number of carbonyl (C=O) groups is 1. The zero-order chi connectivity index (χ0) is 17.1. The quantitative estimate of drug-likeness (QED) is 0.736. The molecule has 3 rings (SSSR count). The summed E-state index contributed by atoms with van der Waals surface area (Å²) in [5, 5.41) is 0. The fourth-order valence-corrected chi connectivity index (χ4v) is 2.29. The fraction of sp³-hybridized carbons (Fsp3) is 0.111. The third-order valence-electron chi connectivity index (χ3n) is 3.69. The van der Waals surface area contributed by atoms with Crippen molar-refractivity contribution >= 4 is 11.7 Å². The number of hydrogen-bond donors (Lipinski definition) is 0. The van der Waals surface area contributed by atoms with Crippen molar-refractivity contribution in [2.75, 3.05) is 19.1 Å². The summed E-state index contributed by atoms with van der Waals surface area (Å²) in [4.78, 5) is 18.2. The van der Waals surface area contributed by atoms with Crippen LogP contribution in [0.5, 0.6) is 5.75 Å². The fourth-order valence-electron chi connectivity index (χ4n) is 2.29. The highest BCUT2D eigenvalue weighted by molar-refractivity contribution is 5.93. The van der Waals surface area contributed by atoms with E-state index in [0.29, 0.717) is 11.4 Å². The molecule has 0 unspecified atom stereocenters. The molecule has 3 aromatic rings. The zero-order valence-electron chi connectivity index (χ0n) is 13.3. The Morgan fingerprint density at radius 3 is 2.42 bits per heavy atom. The van der Waals surface area contributed by atoms with Crippen LogP contribution in [0.25, 0.3) is 11.3 Å². The van der Waals surface area contributed by atoms with Gasteiger partial charge < -0.3 is 4.74 Å². The van der Waals surface area contributed by atoms with Crippen molar-refractivity contribution in [2.45, 2.75) is 0 Å². The van der Waals surface area contributed by atoms with E-state index >= 15 is 0 Å². The molecule has 2 aromatic carbocycles. The number of amides is 1. The molecule has 0 N–H and O–H groups in total. The van der Waals surface area contributed by atoms with Gasteiger partial charge in [-0.05, 0) is 48.5 Å². The normalized spacial score (nSPS) is 10.5. The maximum absolute atomic E-state index is 13.0. The SMILES string of the molecule is COc1ccc(-c2cn(C(=O)N(C)c3ccc(F)cc3)cn2)cc1. The molecule has 0 aliphatic heterocycles. The van der Waals surface area contributed by atoms with Gasteiger partial charge in [0.1, 0.15) is 17.9 Å². The first kappa shape index (κ1) is 15.7. The van der Waals surface area contributed by atoms with Crippen molar-refractivity contribution in [3.63, 3.8) is 0 Å². The first-order valence-electron chi connectivity index (χ1n) is 7.30. The zero-order valence-corrected chi connectivity index (χ0v) is 13.3. The Hall–Kier alpha value is -3.15. The van der Waals surface area contributed by atoms with Crippen LogP contribution in [0, 0.1) is 5.82 Å². The summed E-state index contributed by atoms with van der Waals surface area (Å²) in [5.74, 6) is 0.411. The Morgan fingerprint density at radius 2 is 1.79 bits per heavy atom. The van der Waals surface area contributed by atoms with Crippen LogP contribution in [0.15, 0.2) is 61.1 Å². The second-order valence-corrected chi connectivity index (χ2v) is 5.21. The summed E-state index contributed by atoms with van der Waals surface area (Å²) in [6.07, 6.45) is 3.12. The molecule has 1 heterocycles. The predicted molar refractivity (Wildman–Crippen MR) is 89.8 cm³/mol. The highest BCUT2D eigenvalue weighted by Gasteiger charge is 2.14. The Bertz CT molecular complexity index is 841. The van der Waals surface area contributed by atoms with Gasteiger partial charge in [-0.3, -0.25) is 9.47 Å². The molecule has 1 amide bonds. The molecule has 0 bridgehead atoms. The van der Waals surface area contributed by atoms with Crippen molar-refractivity contribution in [1.29, 1.82) is 0 Å². The van der Waals surface area contributed by atoms with E-state index in [4.69, 9.17) is 4.74 Å². The molecule has 0 atom stereocenters. The van der Waals surface area contributed by atoms with Gasteiger partial charge in [0.05, 0.1) is 12.8 Å². The number of imidazole rings is 1. The van der Waals surface area contributed by atoms with Gasteiger partial charge in [0.2, 0.25) is 0 Å². The van der Waals surface area contributed by atoms with Crippen molar-refractivity contribution in [2.24, 2.45) is 0 Å². The third kappa shape index (κ3) is 3.12. The maximum Gasteiger partial charge on any atom is 0.333 e. The van der Waals surface area contributed by atoms with Gasteiger partial charge in [0.25, 0.3) is 0 Å². The van der Waals surface area contributed by atoms with E-state index in [1.165, 1.54) is 27.9 Å². The minimum absolute atomic E-state index is 0.283. The van der Waals surface area contributed by atoms with Crippen LogP contribution >= 0.6 is 0 Å². The number of benzene rings is 2. The highest BCUT2D eigenvalue weighted by atomic mass is 19.1. The van der Waals surface area contributed by atoms with Gasteiger partial charge in [-0.2, -0.15) is 0 Å². The van der Waals surface area contributed by atoms with E-state index in [1.54, 1.807) is 32.5 Å². The molecule has 24 heavy (non-hydrogen) atoms. The molecule has 122 valence electrons. The van der Waals surface area contributed by atoms with Crippen LogP contribution in [0.4, 0.5) is 14.9 Å². The number of carbonyl (C=O) groups excluding carboxylic acids is 1. The predicted octanol–water partition coefficient (Wildman–Crippen LogP) is 3.80. The molecule has 6 heteroatoms. The molecule has 1 aromatic heterocycles. The van der Waals surface area contributed by atoms with Gasteiger partial charge in [0, 0.05) is 24.5 Å². The Labute approximate surface area is 138 Å². The lowest BCUT2D eigenvalue weighted by molar-refractivity contribution is 0.249. The summed E-state index contributed by atoms with van der Waals surface area (Å²) in [5.41, 5.74) is 2.16. The van der Waals surface area contributed by atoms with Gasteiger partial charge in [-0.15, -0.1) is 0 Å². The average molecular weight is 325 g/mol. The summed E-state index contributed by atoms with van der Waals surface area (Å²) in [7, 11) is 3.23. The molecule has 0 spiro atoms. The second-order valence-electron chi connectivity index (χ2n) is 5.21. The lowest BCUT2D eigenvalue weighted by Gasteiger charge is -2.17. The van der Waals surface area contributed by atoms with Crippen LogP contribution in [0.1, 0.15) is 0 Å². The molecule has 5 nitrogen and oxygen atoms in total. The van der Waals surface area contributed by atoms with Crippen LogP contribution in [0.2, 0.25) is 0 Å². The van der Waals surface area contributed by atoms with E-state index in [2.05, 4.69) is 4.98 Å². The van der Waals surface area contributed by atoms with E-state index in [9.17, 15) is 9.18 Å². The second kappa shape index (κ2) is 6.54. The minimum Gasteiger partial charge on any atom is -0.497 e. The van der Waals surface area contributed by atoms with Crippen LogP contribution in [-0.4, -0.2) is 29.7 Å². The van der Waals surface area contributed by atoms with Gasteiger partial charge in [0.15, 0.2) is 0 Å². The van der Waals surface area contributed by atoms with E-state index < -0.39 is 0 Å². The standard InChI is InChI=1S/C18H16FN3O2/c1-21(15-7-5-14(19)6-8-15)18(23)22-11-17(20-12-22)13-3-9-16(24-2)10-4-13/h3-12H,1-2H3. The number of anilines is 1. The first-order chi connectivity index (χ1) is 11.6. The molecule has 0 saturated heterocycles. The number of ether oxygens (including phenoxy) is 1. The Kier molecular flexibility index (Phi) is 4.29. The summed E-state index contributed by atoms with van der Waals surface area (Å²) >= 11 is 0. The summed E-state index contributed by atoms with van der Waals surface area (Å²) in [6.45, 7) is 0. The molecular formula is C18H16FN3O2. The van der Waals surface area contributed by atoms with Crippen LogP contribution in [-0.2, 0) is 0 Å².